The molecule has 1 atom stereocenters. The number of carboxylic acid groups (broad SMARTS) is 1. The van der Waals surface area contributed by atoms with E-state index < -0.39 is 11.4 Å². The second-order valence-corrected chi connectivity index (χ2v) is 6.54. The first-order valence-corrected chi connectivity index (χ1v) is 8.99. The third-order valence-electron chi connectivity index (χ3n) is 4.90. The molecule has 0 aromatic heterocycles. The predicted octanol–water partition coefficient (Wildman–Crippen LogP) is 2.55. The van der Waals surface area contributed by atoms with Crippen LogP contribution in [0.5, 0.6) is 11.5 Å². The minimum atomic E-state index is -1.15. The highest BCUT2D eigenvalue weighted by Gasteiger charge is 2.38. The largest absolute Gasteiger partial charge is 0.486 e. The number of benzene rings is 2. The Hall–Kier alpha value is -3.02. The molecular formula is C21H23NO5. The van der Waals surface area contributed by atoms with Crippen molar-refractivity contribution < 1.29 is 24.2 Å². The van der Waals surface area contributed by atoms with E-state index in [-0.39, 0.29) is 18.9 Å². The molecule has 2 N–H and O–H groups in total. The van der Waals surface area contributed by atoms with Crippen molar-refractivity contribution >= 4 is 11.9 Å². The monoisotopic (exact) mass is 369 g/mol. The summed E-state index contributed by atoms with van der Waals surface area (Å²) in [5.74, 6) is 0.118. The molecule has 0 aliphatic carbocycles. The number of nitrogens with one attached hydrogen (secondary N) is 1. The van der Waals surface area contributed by atoms with Crippen LogP contribution < -0.4 is 14.8 Å². The van der Waals surface area contributed by atoms with Crippen LogP contribution in [0.15, 0.2) is 48.5 Å². The number of ether oxygens (including phenoxy) is 2. The van der Waals surface area contributed by atoms with Crippen molar-refractivity contribution in [3.63, 3.8) is 0 Å². The van der Waals surface area contributed by atoms with Crippen molar-refractivity contribution in [2.75, 3.05) is 19.8 Å². The number of carbonyl (C=O) groups excluding carboxylic acids is 1. The summed E-state index contributed by atoms with van der Waals surface area (Å²) in [6.45, 7) is 2.85. The highest BCUT2D eigenvalue weighted by atomic mass is 16.6. The van der Waals surface area contributed by atoms with Crippen molar-refractivity contribution in [2.45, 2.75) is 25.2 Å². The lowest BCUT2D eigenvalue weighted by Crippen LogP contribution is -2.46. The fraction of sp³-hybridized carbons (Fsp3) is 0.333. The zero-order valence-corrected chi connectivity index (χ0v) is 15.2. The van der Waals surface area contributed by atoms with Crippen molar-refractivity contribution in [3.8, 4) is 11.5 Å². The molecule has 1 aliphatic heterocycles. The van der Waals surface area contributed by atoms with Gasteiger partial charge in [-0.3, -0.25) is 9.59 Å². The van der Waals surface area contributed by atoms with Gasteiger partial charge in [-0.25, -0.2) is 0 Å². The molecule has 0 spiro atoms. The van der Waals surface area contributed by atoms with Gasteiger partial charge >= 0.3 is 5.97 Å². The maximum absolute atomic E-state index is 12.4. The summed E-state index contributed by atoms with van der Waals surface area (Å²) in [6.07, 6.45) is 0.515. The molecule has 0 radical (unpaired) electrons. The number of carbonyl (C=O) groups is 2. The quantitative estimate of drug-likeness (QED) is 0.783. The molecule has 1 amide bonds. The average molecular weight is 369 g/mol. The zero-order valence-electron chi connectivity index (χ0n) is 15.2. The van der Waals surface area contributed by atoms with Crippen molar-refractivity contribution in [1.29, 1.82) is 0 Å². The first-order valence-electron chi connectivity index (χ1n) is 8.99. The van der Waals surface area contributed by atoms with E-state index >= 15 is 0 Å². The minimum absolute atomic E-state index is 0.0340. The number of rotatable bonds is 7. The highest BCUT2D eigenvalue weighted by Crippen LogP contribution is 2.31. The third kappa shape index (κ3) is 4.05. The van der Waals surface area contributed by atoms with E-state index in [4.69, 9.17) is 9.47 Å². The maximum atomic E-state index is 12.4. The van der Waals surface area contributed by atoms with Crippen LogP contribution in [0.3, 0.4) is 0 Å². The predicted molar refractivity (Wildman–Crippen MR) is 100 cm³/mol. The summed E-state index contributed by atoms with van der Waals surface area (Å²) in [5, 5.41) is 12.6. The average Bonchev–Trinajstić information content (AvgIpc) is 2.69. The summed E-state index contributed by atoms with van der Waals surface area (Å²) >= 11 is 0. The van der Waals surface area contributed by atoms with Gasteiger partial charge in [0.05, 0.1) is 6.42 Å². The Bertz CT molecular complexity index is 821. The lowest BCUT2D eigenvalue weighted by molar-refractivity contribution is -0.144. The number of aliphatic carboxylic acids is 1. The number of hydrogen-bond acceptors (Lipinski definition) is 4. The van der Waals surface area contributed by atoms with Gasteiger partial charge in [-0.05, 0) is 29.7 Å². The second-order valence-electron chi connectivity index (χ2n) is 6.54. The third-order valence-corrected chi connectivity index (χ3v) is 4.90. The Balaban J connectivity index is 1.69. The van der Waals surface area contributed by atoms with Gasteiger partial charge in [0.15, 0.2) is 11.5 Å². The van der Waals surface area contributed by atoms with Gasteiger partial charge in [0.25, 0.3) is 0 Å². The van der Waals surface area contributed by atoms with Gasteiger partial charge in [-0.1, -0.05) is 43.3 Å². The fourth-order valence-corrected chi connectivity index (χ4v) is 3.23. The molecule has 3 rings (SSSR count). The molecule has 1 aliphatic rings. The smallest absolute Gasteiger partial charge is 0.315 e. The zero-order chi connectivity index (χ0) is 19.3. The van der Waals surface area contributed by atoms with Crippen LogP contribution in [0.1, 0.15) is 24.5 Å². The summed E-state index contributed by atoms with van der Waals surface area (Å²) in [4.78, 5) is 24.4. The molecule has 6 nitrogen and oxygen atoms in total. The van der Waals surface area contributed by atoms with Crippen LogP contribution in [0.2, 0.25) is 0 Å². The van der Waals surface area contributed by atoms with Crippen LogP contribution >= 0.6 is 0 Å². The van der Waals surface area contributed by atoms with Gasteiger partial charge in [-0.15, -0.1) is 0 Å². The van der Waals surface area contributed by atoms with E-state index in [2.05, 4.69) is 5.32 Å². The van der Waals surface area contributed by atoms with E-state index in [1.54, 1.807) is 36.4 Å². The van der Waals surface area contributed by atoms with E-state index in [9.17, 15) is 14.7 Å². The molecular weight excluding hydrogens is 346 g/mol. The topological polar surface area (TPSA) is 84.9 Å². The van der Waals surface area contributed by atoms with Crippen molar-refractivity contribution in [3.05, 3.63) is 59.7 Å². The molecule has 1 unspecified atom stereocenters. The van der Waals surface area contributed by atoms with E-state index in [1.807, 2.05) is 19.1 Å². The van der Waals surface area contributed by atoms with Crippen LogP contribution in [0.25, 0.3) is 0 Å². The van der Waals surface area contributed by atoms with Gasteiger partial charge in [-0.2, -0.15) is 0 Å². The lowest BCUT2D eigenvalue weighted by Gasteiger charge is -2.29. The lowest BCUT2D eigenvalue weighted by atomic mass is 9.78. The normalized spacial score (nSPS) is 14.9. The SMILES string of the molecule is CCC(CNC(=O)Cc1ccc2c(c1)OCCO2)(C(=O)O)c1ccccc1. The van der Waals surface area contributed by atoms with Crippen molar-refractivity contribution in [1.82, 2.24) is 5.32 Å². The number of carboxylic acids is 1. The molecule has 142 valence electrons. The summed E-state index contributed by atoms with van der Waals surface area (Å²) < 4.78 is 11.0. The Morgan fingerprint density at radius 1 is 1.07 bits per heavy atom. The van der Waals surface area contributed by atoms with Crippen LogP contribution in [-0.4, -0.2) is 36.7 Å². The Morgan fingerprint density at radius 2 is 1.78 bits per heavy atom. The second kappa shape index (κ2) is 8.12. The highest BCUT2D eigenvalue weighted by molar-refractivity contribution is 5.84. The molecule has 0 bridgehead atoms. The molecule has 6 heteroatoms. The van der Waals surface area contributed by atoms with E-state index in [1.165, 1.54) is 0 Å². The summed E-state index contributed by atoms with van der Waals surface area (Å²) in [5.41, 5.74) is 0.317. The molecule has 0 saturated heterocycles. The van der Waals surface area contributed by atoms with Crippen molar-refractivity contribution in [2.24, 2.45) is 0 Å². The number of amides is 1. The van der Waals surface area contributed by atoms with Gasteiger partial charge in [0, 0.05) is 6.54 Å². The first-order chi connectivity index (χ1) is 13.0. The Morgan fingerprint density at radius 3 is 2.44 bits per heavy atom. The minimum Gasteiger partial charge on any atom is -0.486 e. The maximum Gasteiger partial charge on any atom is 0.315 e. The van der Waals surface area contributed by atoms with Crippen LogP contribution in [0.4, 0.5) is 0 Å². The summed E-state index contributed by atoms with van der Waals surface area (Å²) in [6, 6.07) is 14.4. The molecule has 0 fully saturated rings. The Labute approximate surface area is 158 Å². The van der Waals surface area contributed by atoms with Gasteiger partial charge < -0.3 is 19.9 Å². The summed E-state index contributed by atoms with van der Waals surface area (Å²) in [7, 11) is 0. The molecule has 27 heavy (non-hydrogen) atoms. The first kappa shape index (κ1) is 18.8. The molecule has 2 aromatic rings. The molecule has 2 aromatic carbocycles. The molecule has 0 saturated carbocycles. The van der Waals surface area contributed by atoms with Gasteiger partial charge in [0.2, 0.25) is 5.91 Å². The number of fused-ring (bicyclic) bond motifs is 1. The van der Waals surface area contributed by atoms with E-state index in [0.29, 0.717) is 36.7 Å². The van der Waals surface area contributed by atoms with Crippen LogP contribution in [-0.2, 0) is 21.4 Å². The van der Waals surface area contributed by atoms with E-state index in [0.717, 1.165) is 5.56 Å². The number of hydrogen-bond donors (Lipinski definition) is 2. The Kier molecular flexibility index (Phi) is 5.64. The standard InChI is InChI=1S/C21H23NO5/c1-2-21(20(24)25,16-6-4-3-5-7-16)14-22-19(23)13-15-8-9-17-18(12-15)27-11-10-26-17/h3-9,12H,2,10-11,13-14H2,1H3,(H,22,23)(H,24,25). The molecule has 1 heterocycles. The van der Waals surface area contributed by atoms with Crippen LogP contribution in [0, 0.1) is 0 Å². The fourth-order valence-electron chi connectivity index (χ4n) is 3.23. The van der Waals surface area contributed by atoms with Gasteiger partial charge in [0.1, 0.15) is 18.6 Å².